The summed E-state index contributed by atoms with van der Waals surface area (Å²) in [6.45, 7) is 1.57. The molecule has 1 aromatic heterocycles. The highest BCUT2D eigenvalue weighted by Crippen LogP contribution is 2.11. The summed E-state index contributed by atoms with van der Waals surface area (Å²) in [4.78, 5) is 41.0. The van der Waals surface area contributed by atoms with Crippen molar-refractivity contribution in [2.45, 2.75) is 25.8 Å². The van der Waals surface area contributed by atoms with Gasteiger partial charge in [-0.2, -0.15) is 0 Å². The number of aromatic nitrogens is 1. The number of carbonyl (C=O) groups is 3. The molecule has 0 aliphatic heterocycles. The van der Waals surface area contributed by atoms with Gasteiger partial charge in [-0.15, -0.1) is 0 Å². The number of pyridine rings is 1. The zero-order valence-electron chi connectivity index (χ0n) is 14.2. The molecular formula is C18H21N3O4. The molecule has 7 nitrogen and oxygen atoms in total. The minimum atomic E-state index is -1.06. The Kier molecular flexibility index (Phi) is 6.05. The van der Waals surface area contributed by atoms with E-state index in [1.54, 1.807) is 18.2 Å². The SMILES string of the molecule is CCC[C@H](C(=O)O)N(C)C(=O)CNC(=O)c1ccc2ccccc2n1. The molecule has 1 aromatic carbocycles. The number of carbonyl (C=O) groups excluding carboxylic acids is 2. The van der Waals surface area contributed by atoms with E-state index in [0.717, 1.165) is 10.3 Å². The number of benzene rings is 1. The summed E-state index contributed by atoms with van der Waals surface area (Å²) in [6.07, 6.45) is 1.000. The van der Waals surface area contributed by atoms with Crippen LogP contribution in [0.1, 0.15) is 30.3 Å². The number of hydrogen-bond donors (Lipinski definition) is 2. The molecule has 1 atom stereocenters. The molecule has 2 rings (SSSR count). The topological polar surface area (TPSA) is 99.6 Å². The second-order valence-corrected chi connectivity index (χ2v) is 5.72. The van der Waals surface area contributed by atoms with E-state index in [2.05, 4.69) is 10.3 Å². The number of aliphatic carboxylic acids is 1. The lowest BCUT2D eigenvalue weighted by atomic mass is 10.1. The number of fused-ring (bicyclic) bond motifs is 1. The van der Waals surface area contributed by atoms with Crippen molar-refractivity contribution in [3.05, 3.63) is 42.1 Å². The van der Waals surface area contributed by atoms with Crippen LogP contribution < -0.4 is 5.32 Å². The van der Waals surface area contributed by atoms with Gasteiger partial charge in [0.15, 0.2) is 0 Å². The Morgan fingerprint density at radius 1 is 1.20 bits per heavy atom. The van der Waals surface area contributed by atoms with Crippen LogP contribution in [0, 0.1) is 0 Å². The highest BCUT2D eigenvalue weighted by molar-refractivity contribution is 5.97. The van der Waals surface area contributed by atoms with Gasteiger partial charge >= 0.3 is 5.97 Å². The minimum absolute atomic E-state index is 0.206. The summed E-state index contributed by atoms with van der Waals surface area (Å²) in [7, 11) is 1.43. The van der Waals surface area contributed by atoms with Gasteiger partial charge in [0.05, 0.1) is 12.1 Å². The maximum absolute atomic E-state index is 12.2. The molecule has 0 radical (unpaired) electrons. The first-order chi connectivity index (χ1) is 11.9. The van der Waals surface area contributed by atoms with Crippen molar-refractivity contribution in [1.29, 1.82) is 0 Å². The van der Waals surface area contributed by atoms with Crippen LogP contribution in [0.15, 0.2) is 36.4 Å². The summed E-state index contributed by atoms with van der Waals surface area (Å²) in [5.41, 5.74) is 0.893. The van der Waals surface area contributed by atoms with Crippen molar-refractivity contribution in [3.63, 3.8) is 0 Å². The van der Waals surface area contributed by atoms with Gasteiger partial charge in [-0.25, -0.2) is 9.78 Å². The lowest BCUT2D eigenvalue weighted by Gasteiger charge is -2.24. The molecule has 2 N–H and O–H groups in total. The number of carboxylic acids is 1. The van der Waals surface area contributed by atoms with Gasteiger partial charge in [-0.3, -0.25) is 9.59 Å². The number of hydrogen-bond acceptors (Lipinski definition) is 4. The first-order valence-corrected chi connectivity index (χ1v) is 8.06. The molecule has 0 fully saturated rings. The van der Waals surface area contributed by atoms with Gasteiger partial charge in [-0.1, -0.05) is 37.6 Å². The third kappa shape index (κ3) is 4.53. The molecule has 0 spiro atoms. The fraction of sp³-hybridized carbons (Fsp3) is 0.333. The number of para-hydroxylation sites is 1. The maximum Gasteiger partial charge on any atom is 0.326 e. The summed E-state index contributed by atoms with van der Waals surface area (Å²) in [5.74, 6) is -2.00. The standard InChI is InChI=1S/C18H21N3O4/c1-3-6-15(18(24)25)21(2)16(22)11-19-17(23)14-10-9-12-7-4-5-8-13(12)20-14/h4-5,7-10,15H,3,6,11H2,1-2H3,(H,19,23)(H,24,25)/t15-/m1/s1. The predicted octanol–water partition coefficient (Wildman–Crippen LogP) is 1.68. The molecule has 0 saturated carbocycles. The first-order valence-electron chi connectivity index (χ1n) is 8.06. The highest BCUT2D eigenvalue weighted by atomic mass is 16.4. The van der Waals surface area contributed by atoms with Crippen LogP contribution in [0.4, 0.5) is 0 Å². The molecule has 1 heterocycles. The molecule has 132 valence electrons. The third-order valence-electron chi connectivity index (χ3n) is 3.94. The second-order valence-electron chi connectivity index (χ2n) is 5.72. The van der Waals surface area contributed by atoms with Crippen LogP contribution >= 0.6 is 0 Å². The van der Waals surface area contributed by atoms with Crippen LogP contribution in [-0.2, 0) is 9.59 Å². The van der Waals surface area contributed by atoms with Crippen molar-refractivity contribution in [2.75, 3.05) is 13.6 Å². The molecule has 2 amide bonds. The van der Waals surface area contributed by atoms with Crippen LogP contribution in [0.25, 0.3) is 10.9 Å². The van der Waals surface area contributed by atoms with Crippen LogP contribution in [-0.4, -0.2) is 52.4 Å². The second kappa shape index (κ2) is 8.23. The number of nitrogens with zero attached hydrogens (tertiary/aromatic N) is 2. The molecule has 0 bridgehead atoms. The van der Waals surface area contributed by atoms with E-state index >= 15 is 0 Å². The van der Waals surface area contributed by atoms with Gasteiger partial charge < -0.3 is 15.3 Å². The average Bonchev–Trinajstić information content (AvgIpc) is 2.62. The highest BCUT2D eigenvalue weighted by Gasteiger charge is 2.25. The molecule has 7 heteroatoms. The van der Waals surface area contributed by atoms with Gasteiger partial charge in [0.2, 0.25) is 5.91 Å². The Balaban J connectivity index is 2.00. The number of nitrogens with one attached hydrogen (secondary N) is 1. The number of carboxylic acid groups (broad SMARTS) is 1. The van der Waals surface area contributed by atoms with E-state index in [4.69, 9.17) is 0 Å². The molecular weight excluding hydrogens is 322 g/mol. The van der Waals surface area contributed by atoms with Crippen molar-refractivity contribution >= 4 is 28.7 Å². The van der Waals surface area contributed by atoms with Crippen molar-refractivity contribution in [2.24, 2.45) is 0 Å². The first kappa shape index (κ1) is 18.4. The number of likely N-dealkylation sites (N-methyl/N-ethyl adjacent to an activating group) is 1. The van der Waals surface area contributed by atoms with E-state index in [0.29, 0.717) is 18.4 Å². The normalized spacial score (nSPS) is 11.8. The molecule has 0 saturated heterocycles. The van der Waals surface area contributed by atoms with E-state index in [1.165, 1.54) is 7.05 Å². The molecule has 25 heavy (non-hydrogen) atoms. The van der Waals surface area contributed by atoms with Crippen LogP contribution in [0.2, 0.25) is 0 Å². The fourth-order valence-electron chi connectivity index (χ4n) is 2.49. The monoisotopic (exact) mass is 343 g/mol. The zero-order chi connectivity index (χ0) is 18.4. The Bertz CT molecular complexity index is 791. The van der Waals surface area contributed by atoms with Crippen molar-refractivity contribution in [1.82, 2.24) is 15.2 Å². The molecule has 0 aliphatic rings. The van der Waals surface area contributed by atoms with Crippen molar-refractivity contribution in [3.8, 4) is 0 Å². The van der Waals surface area contributed by atoms with E-state index in [9.17, 15) is 19.5 Å². The average molecular weight is 343 g/mol. The van der Waals surface area contributed by atoms with E-state index < -0.39 is 23.8 Å². The zero-order valence-corrected chi connectivity index (χ0v) is 14.2. The molecule has 0 aliphatic carbocycles. The number of amides is 2. The Morgan fingerprint density at radius 2 is 1.92 bits per heavy atom. The van der Waals surface area contributed by atoms with Crippen molar-refractivity contribution < 1.29 is 19.5 Å². The Morgan fingerprint density at radius 3 is 2.60 bits per heavy atom. The molecule has 0 unspecified atom stereocenters. The maximum atomic E-state index is 12.2. The smallest absolute Gasteiger partial charge is 0.326 e. The van der Waals surface area contributed by atoms with Crippen LogP contribution in [0.5, 0.6) is 0 Å². The van der Waals surface area contributed by atoms with E-state index in [-0.39, 0.29) is 12.2 Å². The number of rotatable bonds is 7. The van der Waals surface area contributed by atoms with Crippen LogP contribution in [0.3, 0.4) is 0 Å². The van der Waals surface area contributed by atoms with Gasteiger partial charge in [0.1, 0.15) is 11.7 Å². The summed E-state index contributed by atoms with van der Waals surface area (Å²) in [6, 6.07) is 9.88. The minimum Gasteiger partial charge on any atom is -0.480 e. The van der Waals surface area contributed by atoms with Gasteiger partial charge in [0, 0.05) is 12.4 Å². The summed E-state index contributed by atoms with van der Waals surface area (Å²) >= 11 is 0. The van der Waals surface area contributed by atoms with Gasteiger partial charge in [-0.05, 0) is 18.6 Å². The predicted molar refractivity (Wildman–Crippen MR) is 93.2 cm³/mol. The lowest BCUT2D eigenvalue weighted by Crippen LogP contribution is -2.46. The largest absolute Gasteiger partial charge is 0.480 e. The quantitative estimate of drug-likeness (QED) is 0.797. The lowest BCUT2D eigenvalue weighted by molar-refractivity contribution is -0.148. The third-order valence-corrected chi connectivity index (χ3v) is 3.94. The summed E-state index contributed by atoms with van der Waals surface area (Å²) < 4.78 is 0. The molecule has 2 aromatic rings. The van der Waals surface area contributed by atoms with Gasteiger partial charge in [0.25, 0.3) is 5.91 Å². The Labute approximate surface area is 145 Å². The fourth-order valence-corrected chi connectivity index (χ4v) is 2.49. The summed E-state index contributed by atoms with van der Waals surface area (Å²) in [5, 5.41) is 12.6. The Hall–Kier alpha value is -2.96. The van der Waals surface area contributed by atoms with E-state index in [1.807, 2.05) is 25.1 Å².